The van der Waals surface area contributed by atoms with Gasteiger partial charge in [-0.3, -0.25) is 9.59 Å². The van der Waals surface area contributed by atoms with Crippen molar-refractivity contribution in [1.29, 1.82) is 0 Å². The van der Waals surface area contributed by atoms with Gasteiger partial charge in [-0.25, -0.2) is 0 Å². The van der Waals surface area contributed by atoms with Crippen molar-refractivity contribution in [1.82, 2.24) is 10.2 Å². The summed E-state index contributed by atoms with van der Waals surface area (Å²) in [5.41, 5.74) is 3.91. The maximum atomic E-state index is 13.6. The Balaban J connectivity index is 1.90. The maximum Gasteiger partial charge on any atom is 0.261 e. The van der Waals surface area contributed by atoms with Gasteiger partial charge in [-0.2, -0.15) is 0 Å². The van der Waals surface area contributed by atoms with Crippen LogP contribution in [-0.4, -0.2) is 35.9 Å². The molecule has 190 valence electrons. The van der Waals surface area contributed by atoms with Crippen LogP contribution in [-0.2, 0) is 22.6 Å². The number of nitrogens with one attached hydrogen (secondary N) is 1. The summed E-state index contributed by atoms with van der Waals surface area (Å²) in [5, 5.41) is 3.67. The minimum Gasteiger partial charge on any atom is -0.484 e. The van der Waals surface area contributed by atoms with E-state index in [-0.39, 0.29) is 18.4 Å². The summed E-state index contributed by atoms with van der Waals surface area (Å²) in [6.45, 7) is 8.64. The highest BCUT2D eigenvalue weighted by Crippen LogP contribution is 2.22. The summed E-state index contributed by atoms with van der Waals surface area (Å²) >= 11 is 6.13. The molecule has 0 unspecified atom stereocenters. The molecule has 0 saturated carbocycles. The van der Waals surface area contributed by atoms with Crippen molar-refractivity contribution in [3.63, 3.8) is 0 Å². The normalized spacial score (nSPS) is 11.7. The largest absolute Gasteiger partial charge is 0.484 e. The Labute approximate surface area is 219 Å². The summed E-state index contributed by atoms with van der Waals surface area (Å²) < 4.78 is 5.84. The molecule has 0 aliphatic carbocycles. The highest BCUT2D eigenvalue weighted by molar-refractivity contribution is 6.31. The molecule has 0 aliphatic heterocycles. The fourth-order valence-electron chi connectivity index (χ4n) is 3.92. The van der Waals surface area contributed by atoms with Gasteiger partial charge in [-0.15, -0.1) is 0 Å². The van der Waals surface area contributed by atoms with Gasteiger partial charge in [0.2, 0.25) is 5.91 Å². The SMILES string of the molecule is Cc1cccc(CN(C(=O)COc2ccc(Cl)c(C)c2)[C@H](Cc2ccccc2)C(=O)NCC(C)C)c1. The second-order valence-electron chi connectivity index (χ2n) is 9.55. The van der Waals surface area contributed by atoms with E-state index in [0.717, 1.165) is 22.3 Å². The zero-order valence-electron chi connectivity index (χ0n) is 21.5. The van der Waals surface area contributed by atoms with Gasteiger partial charge < -0.3 is 15.0 Å². The van der Waals surface area contributed by atoms with E-state index >= 15 is 0 Å². The van der Waals surface area contributed by atoms with Gasteiger partial charge >= 0.3 is 0 Å². The molecule has 0 fully saturated rings. The van der Waals surface area contributed by atoms with E-state index < -0.39 is 6.04 Å². The average Bonchev–Trinajstić information content (AvgIpc) is 2.86. The van der Waals surface area contributed by atoms with Crippen molar-refractivity contribution in [2.75, 3.05) is 13.2 Å². The molecule has 0 bridgehead atoms. The van der Waals surface area contributed by atoms with Gasteiger partial charge in [0.25, 0.3) is 5.91 Å². The summed E-state index contributed by atoms with van der Waals surface area (Å²) in [5.74, 6) is 0.425. The average molecular weight is 507 g/mol. The molecule has 6 heteroatoms. The van der Waals surface area contributed by atoms with Gasteiger partial charge in [0.15, 0.2) is 6.61 Å². The third-order valence-corrected chi connectivity index (χ3v) is 6.31. The predicted molar refractivity (Wildman–Crippen MR) is 145 cm³/mol. The molecule has 0 spiro atoms. The number of carbonyl (C=O) groups excluding carboxylic acids is 2. The molecule has 3 aromatic carbocycles. The predicted octanol–water partition coefficient (Wildman–Crippen LogP) is 5.75. The molecule has 36 heavy (non-hydrogen) atoms. The van der Waals surface area contributed by atoms with Crippen molar-refractivity contribution >= 4 is 23.4 Å². The smallest absolute Gasteiger partial charge is 0.261 e. The van der Waals surface area contributed by atoms with Gasteiger partial charge in [0.1, 0.15) is 11.8 Å². The van der Waals surface area contributed by atoms with Crippen LogP contribution in [0, 0.1) is 19.8 Å². The molecule has 0 aromatic heterocycles. The summed E-state index contributed by atoms with van der Waals surface area (Å²) in [4.78, 5) is 28.7. The Morgan fingerprint density at radius 2 is 1.67 bits per heavy atom. The van der Waals surface area contributed by atoms with Crippen LogP contribution in [0.2, 0.25) is 5.02 Å². The number of amides is 2. The van der Waals surface area contributed by atoms with Crippen molar-refractivity contribution in [2.45, 2.75) is 46.7 Å². The van der Waals surface area contributed by atoms with Crippen molar-refractivity contribution < 1.29 is 14.3 Å². The first-order valence-corrected chi connectivity index (χ1v) is 12.7. The van der Waals surface area contributed by atoms with Crippen LogP contribution >= 0.6 is 11.6 Å². The van der Waals surface area contributed by atoms with Gasteiger partial charge in [-0.05, 0) is 54.7 Å². The highest BCUT2D eigenvalue weighted by atomic mass is 35.5. The molecule has 1 atom stereocenters. The van der Waals surface area contributed by atoms with Gasteiger partial charge in [0, 0.05) is 24.5 Å². The molecular weight excluding hydrogens is 472 g/mol. The Morgan fingerprint density at radius 3 is 2.33 bits per heavy atom. The lowest BCUT2D eigenvalue weighted by atomic mass is 10.0. The molecule has 1 N–H and O–H groups in total. The number of aryl methyl sites for hydroxylation is 2. The van der Waals surface area contributed by atoms with Crippen molar-refractivity contribution in [3.05, 3.63) is 100 Å². The monoisotopic (exact) mass is 506 g/mol. The number of nitrogens with zero attached hydrogens (tertiary/aromatic N) is 1. The van der Waals surface area contributed by atoms with Crippen molar-refractivity contribution in [2.24, 2.45) is 5.92 Å². The molecule has 2 amide bonds. The Morgan fingerprint density at radius 1 is 0.944 bits per heavy atom. The van der Waals surface area contributed by atoms with E-state index in [1.165, 1.54) is 0 Å². The van der Waals surface area contributed by atoms with Crippen LogP contribution in [0.5, 0.6) is 5.75 Å². The van der Waals surface area contributed by atoms with Crippen LogP contribution in [0.4, 0.5) is 0 Å². The second kappa shape index (κ2) is 13.1. The fourth-order valence-corrected chi connectivity index (χ4v) is 4.04. The Hall–Kier alpha value is -3.31. The third kappa shape index (κ3) is 8.13. The minimum absolute atomic E-state index is 0.170. The lowest BCUT2D eigenvalue weighted by Crippen LogP contribution is -2.52. The second-order valence-corrected chi connectivity index (χ2v) is 9.96. The number of hydrogen-bond acceptors (Lipinski definition) is 3. The Kier molecular flexibility index (Phi) is 9.95. The summed E-state index contributed by atoms with van der Waals surface area (Å²) in [6.07, 6.45) is 0.405. The molecule has 3 rings (SSSR count). The fraction of sp³-hybridized carbons (Fsp3) is 0.333. The lowest BCUT2D eigenvalue weighted by molar-refractivity contribution is -0.142. The zero-order chi connectivity index (χ0) is 26.1. The quantitative estimate of drug-likeness (QED) is 0.360. The number of halogens is 1. The van der Waals surface area contributed by atoms with Crippen LogP contribution < -0.4 is 10.1 Å². The van der Waals surface area contributed by atoms with E-state index in [1.54, 1.807) is 23.1 Å². The zero-order valence-corrected chi connectivity index (χ0v) is 22.2. The molecule has 0 radical (unpaired) electrons. The molecule has 0 heterocycles. The first-order valence-electron chi connectivity index (χ1n) is 12.3. The minimum atomic E-state index is -0.685. The lowest BCUT2D eigenvalue weighted by Gasteiger charge is -2.32. The molecule has 0 saturated heterocycles. The van der Waals surface area contributed by atoms with Gasteiger partial charge in [0.05, 0.1) is 0 Å². The number of carbonyl (C=O) groups is 2. The van der Waals surface area contributed by atoms with Crippen molar-refractivity contribution in [3.8, 4) is 5.75 Å². The topological polar surface area (TPSA) is 58.6 Å². The number of benzene rings is 3. The highest BCUT2D eigenvalue weighted by Gasteiger charge is 2.30. The molecule has 5 nitrogen and oxygen atoms in total. The summed E-state index contributed by atoms with van der Waals surface area (Å²) in [6, 6.07) is 22.4. The van der Waals surface area contributed by atoms with Crippen LogP contribution in [0.1, 0.15) is 36.1 Å². The molecular formula is C30H35ClN2O3. The number of rotatable bonds is 11. The van der Waals surface area contributed by atoms with Gasteiger partial charge in [-0.1, -0.05) is 85.6 Å². The van der Waals surface area contributed by atoms with E-state index in [0.29, 0.717) is 36.2 Å². The first-order chi connectivity index (χ1) is 17.2. The van der Waals surface area contributed by atoms with E-state index in [1.807, 2.05) is 82.3 Å². The van der Waals surface area contributed by atoms with E-state index in [9.17, 15) is 9.59 Å². The molecule has 3 aromatic rings. The third-order valence-electron chi connectivity index (χ3n) is 5.88. The molecule has 0 aliphatic rings. The standard InChI is InChI=1S/C30H35ClN2O3/c1-21(2)18-32-30(35)28(17-24-10-6-5-7-11-24)33(19-25-12-8-9-22(3)15-25)29(34)20-36-26-13-14-27(31)23(4)16-26/h5-16,21,28H,17-20H2,1-4H3,(H,32,35)/t28-/m1/s1. The van der Waals surface area contributed by atoms with Crippen LogP contribution in [0.25, 0.3) is 0 Å². The number of hydrogen-bond donors (Lipinski definition) is 1. The van der Waals surface area contributed by atoms with E-state index in [2.05, 4.69) is 5.32 Å². The summed E-state index contributed by atoms with van der Waals surface area (Å²) in [7, 11) is 0. The van der Waals surface area contributed by atoms with Crippen LogP contribution in [0.15, 0.2) is 72.8 Å². The first kappa shape index (κ1) is 27.3. The van der Waals surface area contributed by atoms with E-state index in [4.69, 9.17) is 16.3 Å². The van der Waals surface area contributed by atoms with Crippen LogP contribution in [0.3, 0.4) is 0 Å². The Bertz CT molecular complexity index is 1160. The maximum absolute atomic E-state index is 13.6. The number of ether oxygens (including phenoxy) is 1.